The lowest BCUT2D eigenvalue weighted by atomic mass is 10.2. The van der Waals surface area contributed by atoms with E-state index in [1.807, 2.05) is 13.2 Å². The Hall–Kier alpha value is -2.24. The Bertz CT molecular complexity index is 494. The van der Waals surface area contributed by atoms with Crippen molar-refractivity contribution in [3.8, 4) is 0 Å². The number of aryl methyl sites for hydroxylation is 2. The Labute approximate surface area is 98.7 Å². The van der Waals surface area contributed by atoms with Crippen molar-refractivity contribution in [2.45, 2.75) is 12.8 Å². The summed E-state index contributed by atoms with van der Waals surface area (Å²) in [6.07, 6.45) is 9.34. The number of anilines is 1. The van der Waals surface area contributed by atoms with E-state index in [2.05, 4.69) is 20.4 Å². The van der Waals surface area contributed by atoms with Gasteiger partial charge in [-0.25, -0.2) is 4.98 Å². The molecule has 17 heavy (non-hydrogen) atoms. The van der Waals surface area contributed by atoms with Gasteiger partial charge < -0.3 is 5.32 Å². The highest BCUT2D eigenvalue weighted by molar-refractivity contribution is 5.89. The molecule has 6 nitrogen and oxygen atoms in total. The summed E-state index contributed by atoms with van der Waals surface area (Å²) in [6, 6.07) is 0. The molecule has 88 valence electrons. The first-order valence-electron chi connectivity index (χ1n) is 5.27. The number of rotatable bonds is 4. The maximum Gasteiger partial charge on any atom is 0.225 e. The van der Waals surface area contributed by atoms with Crippen LogP contribution in [0.4, 0.5) is 5.82 Å². The Morgan fingerprint density at radius 3 is 2.94 bits per heavy atom. The van der Waals surface area contributed by atoms with Crippen molar-refractivity contribution in [2.24, 2.45) is 7.05 Å². The molecule has 0 spiro atoms. The molecule has 0 aromatic carbocycles. The molecule has 2 rings (SSSR count). The van der Waals surface area contributed by atoms with Crippen LogP contribution in [0.15, 0.2) is 31.0 Å². The van der Waals surface area contributed by atoms with Crippen molar-refractivity contribution in [1.29, 1.82) is 0 Å². The highest BCUT2D eigenvalue weighted by Gasteiger charge is 2.04. The molecule has 0 bridgehead atoms. The van der Waals surface area contributed by atoms with Crippen LogP contribution in [-0.2, 0) is 18.3 Å². The SMILES string of the molecule is Cn1cc(CCC(=O)Nc2cnccn2)cn1. The number of hydrogen-bond acceptors (Lipinski definition) is 4. The Morgan fingerprint density at radius 1 is 1.41 bits per heavy atom. The average molecular weight is 231 g/mol. The average Bonchev–Trinajstić information content (AvgIpc) is 2.74. The fourth-order valence-corrected chi connectivity index (χ4v) is 1.43. The standard InChI is InChI=1S/C11H13N5O/c1-16-8-9(6-14-16)2-3-11(17)15-10-7-12-4-5-13-10/h4-8H,2-3H2,1H3,(H,13,15,17). The van der Waals surface area contributed by atoms with E-state index >= 15 is 0 Å². The second-order valence-electron chi connectivity index (χ2n) is 3.66. The van der Waals surface area contributed by atoms with Gasteiger partial charge in [0.1, 0.15) is 0 Å². The van der Waals surface area contributed by atoms with Gasteiger partial charge in [0.2, 0.25) is 5.91 Å². The predicted octanol–water partition coefficient (Wildman–Crippen LogP) is 0.781. The molecule has 0 atom stereocenters. The van der Waals surface area contributed by atoms with Gasteiger partial charge in [-0.05, 0) is 12.0 Å². The maximum absolute atomic E-state index is 11.6. The minimum absolute atomic E-state index is 0.0747. The second kappa shape index (κ2) is 5.20. The van der Waals surface area contributed by atoms with Gasteiger partial charge in [-0.3, -0.25) is 14.5 Å². The first-order valence-corrected chi connectivity index (χ1v) is 5.27. The van der Waals surface area contributed by atoms with E-state index in [1.165, 1.54) is 12.4 Å². The lowest BCUT2D eigenvalue weighted by molar-refractivity contribution is -0.116. The van der Waals surface area contributed by atoms with E-state index < -0.39 is 0 Å². The third-order valence-corrected chi connectivity index (χ3v) is 2.23. The summed E-state index contributed by atoms with van der Waals surface area (Å²) in [5.41, 5.74) is 1.04. The molecule has 1 N–H and O–H groups in total. The van der Waals surface area contributed by atoms with Crippen LogP contribution in [0.2, 0.25) is 0 Å². The molecule has 1 amide bonds. The first-order chi connectivity index (χ1) is 8.24. The first kappa shape index (κ1) is 11.3. The molecule has 0 unspecified atom stereocenters. The molecule has 2 aromatic heterocycles. The molecule has 6 heteroatoms. The van der Waals surface area contributed by atoms with Crippen LogP contribution < -0.4 is 5.32 Å². The molecule has 0 fully saturated rings. The third-order valence-electron chi connectivity index (χ3n) is 2.23. The van der Waals surface area contributed by atoms with Gasteiger partial charge in [0.05, 0.1) is 12.4 Å². The van der Waals surface area contributed by atoms with Gasteiger partial charge in [0, 0.05) is 32.1 Å². The minimum Gasteiger partial charge on any atom is -0.309 e. The Morgan fingerprint density at radius 2 is 2.29 bits per heavy atom. The number of nitrogens with one attached hydrogen (secondary N) is 1. The van der Waals surface area contributed by atoms with Crippen LogP contribution in [0, 0.1) is 0 Å². The van der Waals surface area contributed by atoms with Crippen LogP contribution in [0.5, 0.6) is 0 Å². The zero-order valence-electron chi connectivity index (χ0n) is 9.50. The normalized spacial score (nSPS) is 10.2. The summed E-state index contributed by atoms with van der Waals surface area (Å²) in [5, 5.41) is 6.72. The van der Waals surface area contributed by atoms with Gasteiger partial charge in [0.15, 0.2) is 5.82 Å². The Balaban J connectivity index is 1.82. The van der Waals surface area contributed by atoms with Crippen molar-refractivity contribution in [3.63, 3.8) is 0 Å². The van der Waals surface area contributed by atoms with E-state index in [4.69, 9.17) is 0 Å². The smallest absolute Gasteiger partial charge is 0.225 e. The summed E-state index contributed by atoms with van der Waals surface area (Å²) in [6.45, 7) is 0. The molecule has 0 saturated carbocycles. The summed E-state index contributed by atoms with van der Waals surface area (Å²) in [7, 11) is 1.85. The topological polar surface area (TPSA) is 72.7 Å². The molecule has 2 heterocycles. The van der Waals surface area contributed by atoms with E-state index in [0.29, 0.717) is 18.7 Å². The van der Waals surface area contributed by atoms with Crippen molar-refractivity contribution in [2.75, 3.05) is 5.32 Å². The fraction of sp³-hybridized carbons (Fsp3) is 0.273. The van der Waals surface area contributed by atoms with Crippen molar-refractivity contribution < 1.29 is 4.79 Å². The minimum atomic E-state index is -0.0747. The van der Waals surface area contributed by atoms with Gasteiger partial charge in [-0.1, -0.05) is 0 Å². The highest BCUT2D eigenvalue weighted by atomic mass is 16.1. The lowest BCUT2D eigenvalue weighted by Crippen LogP contribution is -2.13. The quantitative estimate of drug-likeness (QED) is 0.844. The van der Waals surface area contributed by atoms with Crippen molar-refractivity contribution in [3.05, 3.63) is 36.5 Å². The van der Waals surface area contributed by atoms with Gasteiger partial charge in [-0.2, -0.15) is 5.10 Å². The molecule has 0 saturated heterocycles. The molecular formula is C11H13N5O. The van der Waals surface area contributed by atoms with E-state index in [-0.39, 0.29) is 5.91 Å². The number of amides is 1. The van der Waals surface area contributed by atoms with Crippen LogP contribution in [0.1, 0.15) is 12.0 Å². The van der Waals surface area contributed by atoms with Gasteiger partial charge >= 0.3 is 0 Å². The number of aromatic nitrogens is 4. The van der Waals surface area contributed by atoms with E-state index in [1.54, 1.807) is 17.1 Å². The highest BCUT2D eigenvalue weighted by Crippen LogP contribution is 2.03. The zero-order chi connectivity index (χ0) is 12.1. The molecule has 0 aliphatic carbocycles. The Kier molecular flexibility index (Phi) is 3.44. The zero-order valence-corrected chi connectivity index (χ0v) is 9.50. The van der Waals surface area contributed by atoms with Gasteiger partial charge in [-0.15, -0.1) is 0 Å². The molecule has 2 aromatic rings. The third kappa shape index (κ3) is 3.37. The summed E-state index contributed by atoms with van der Waals surface area (Å²) < 4.78 is 1.72. The van der Waals surface area contributed by atoms with Crippen LogP contribution in [-0.4, -0.2) is 25.7 Å². The molecule has 0 aliphatic heterocycles. The summed E-state index contributed by atoms with van der Waals surface area (Å²) >= 11 is 0. The molecular weight excluding hydrogens is 218 g/mol. The number of carbonyl (C=O) groups excluding carboxylic acids is 1. The monoisotopic (exact) mass is 231 g/mol. The van der Waals surface area contributed by atoms with Crippen LogP contribution in [0.3, 0.4) is 0 Å². The van der Waals surface area contributed by atoms with Crippen LogP contribution in [0.25, 0.3) is 0 Å². The lowest BCUT2D eigenvalue weighted by Gasteiger charge is -2.02. The molecule has 0 aliphatic rings. The van der Waals surface area contributed by atoms with Crippen molar-refractivity contribution in [1.82, 2.24) is 19.7 Å². The summed E-state index contributed by atoms with van der Waals surface area (Å²) in [4.78, 5) is 19.4. The van der Waals surface area contributed by atoms with Crippen molar-refractivity contribution >= 4 is 11.7 Å². The van der Waals surface area contributed by atoms with E-state index in [9.17, 15) is 4.79 Å². The maximum atomic E-state index is 11.6. The number of carbonyl (C=O) groups is 1. The molecule has 0 radical (unpaired) electrons. The fourth-order valence-electron chi connectivity index (χ4n) is 1.43. The van der Waals surface area contributed by atoms with Gasteiger partial charge in [0.25, 0.3) is 0 Å². The van der Waals surface area contributed by atoms with E-state index in [0.717, 1.165) is 5.56 Å². The second-order valence-corrected chi connectivity index (χ2v) is 3.66. The van der Waals surface area contributed by atoms with Crippen LogP contribution >= 0.6 is 0 Å². The number of hydrogen-bond donors (Lipinski definition) is 1. The largest absolute Gasteiger partial charge is 0.309 e. The summed E-state index contributed by atoms with van der Waals surface area (Å²) in [5.74, 6) is 0.401. The number of nitrogens with zero attached hydrogens (tertiary/aromatic N) is 4. The predicted molar refractivity (Wildman–Crippen MR) is 62.2 cm³/mol.